The van der Waals surface area contributed by atoms with Crippen LogP contribution in [0.15, 0.2) is 22.2 Å². The first-order chi connectivity index (χ1) is 8.01. The van der Waals surface area contributed by atoms with Crippen molar-refractivity contribution < 1.29 is 9.53 Å². The van der Waals surface area contributed by atoms with Gasteiger partial charge in [-0.05, 0) is 12.3 Å². The summed E-state index contributed by atoms with van der Waals surface area (Å²) in [6, 6.07) is 2.15. The molecular weight excluding hydrogens is 261 g/mol. The van der Waals surface area contributed by atoms with Gasteiger partial charge in [-0.2, -0.15) is 5.26 Å². The van der Waals surface area contributed by atoms with Gasteiger partial charge < -0.3 is 4.74 Å². The second kappa shape index (κ2) is 6.09. The zero-order valence-electron chi connectivity index (χ0n) is 9.61. The summed E-state index contributed by atoms with van der Waals surface area (Å²) in [7, 11) is 1.31. The van der Waals surface area contributed by atoms with E-state index in [1.807, 2.05) is 0 Å². The molecule has 3 atom stereocenters. The summed E-state index contributed by atoms with van der Waals surface area (Å²) in [5.41, 5.74) is 0. The molecule has 17 heavy (non-hydrogen) atoms. The highest BCUT2D eigenvalue weighted by molar-refractivity contribution is 6.44. The van der Waals surface area contributed by atoms with E-state index >= 15 is 0 Å². The summed E-state index contributed by atoms with van der Waals surface area (Å²) in [6.07, 6.45) is 4.11. The predicted octanol–water partition coefficient (Wildman–Crippen LogP) is 3.20. The van der Waals surface area contributed by atoms with Crippen molar-refractivity contribution in [2.24, 2.45) is 17.8 Å². The first-order valence-electron chi connectivity index (χ1n) is 5.22. The Kier molecular flexibility index (Phi) is 5.04. The number of methoxy groups -OCH3 is 1. The van der Waals surface area contributed by atoms with Crippen LogP contribution < -0.4 is 0 Å². The molecular formula is C12H13Cl2NO2. The molecule has 0 heterocycles. The summed E-state index contributed by atoms with van der Waals surface area (Å²) in [5.74, 6) is -1.44. The Balaban J connectivity index is 2.85. The number of hydrogen-bond acceptors (Lipinski definition) is 3. The van der Waals surface area contributed by atoms with Crippen LogP contribution in [0.3, 0.4) is 0 Å². The second-order valence-electron chi connectivity index (χ2n) is 3.93. The topological polar surface area (TPSA) is 50.1 Å². The normalized spacial score (nSPS) is 22.9. The Morgan fingerprint density at radius 2 is 2.24 bits per heavy atom. The highest BCUT2D eigenvalue weighted by atomic mass is 35.5. The summed E-state index contributed by atoms with van der Waals surface area (Å²) in [6.45, 7) is 1.68. The van der Waals surface area contributed by atoms with Crippen LogP contribution in [-0.4, -0.2) is 13.1 Å². The van der Waals surface area contributed by atoms with Crippen LogP contribution in [0.25, 0.3) is 0 Å². The number of ether oxygens (including phenoxy) is 1. The molecule has 3 nitrogen and oxygen atoms in total. The maximum atomic E-state index is 11.4. The molecule has 2 unspecified atom stereocenters. The fourth-order valence-electron chi connectivity index (χ4n) is 1.83. The number of rotatable bonds is 3. The molecule has 0 saturated heterocycles. The molecule has 92 valence electrons. The van der Waals surface area contributed by atoms with Gasteiger partial charge in [0.2, 0.25) is 0 Å². The Morgan fingerprint density at radius 3 is 2.71 bits per heavy atom. The van der Waals surface area contributed by atoms with E-state index in [0.29, 0.717) is 16.5 Å². The van der Waals surface area contributed by atoms with Crippen LogP contribution in [0.4, 0.5) is 0 Å². The molecule has 0 aromatic carbocycles. The van der Waals surface area contributed by atoms with Gasteiger partial charge in [0.25, 0.3) is 0 Å². The van der Waals surface area contributed by atoms with Crippen molar-refractivity contribution in [3.63, 3.8) is 0 Å². The summed E-state index contributed by atoms with van der Waals surface area (Å²) in [4.78, 5) is 11.4. The third kappa shape index (κ3) is 3.24. The summed E-state index contributed by atoms with van der Waals surface area (Å²) < 4.78 is 4.65. The highest BCUT2D eigenvalue weighted by Gasteiger charge is 2.32. The number of carbonyl (C=O) groups is 1. The molecule has 0 bridgehead atoms. The molecule has 0 aromatic rings. The Morgan fingerprint density at radius 1 is 1.59 bits per heavy atom. The Bertz CT molecular complexity index is 409. The quantitative estimate of drug-likeness (QED) is 0.742. The minimum absolute atomic E-state index is 0.107. The van der Waals surface area contributed by atoms with Gasteiger partial charge in [-0.3, -0.25) is 4.79 Å². The van der Waals surface area contributed by atoms with Gasteiger partial charge in [-0.1, -0.05) is 42.3 Å². The van der Waals surface area contributed by atoms with Gasteiger partial charge in [0.05, 0.1) is 35.1 Å². The third-order valence-corrected chi connectivity index (χ3v) is 3.66. The van der Waals surface area contributed by atoms with Crippen LogP contribution in [0.2, 0.25) is 0 Å². The summed E-state index contributed by atoms with van der Waals surface area (Å²) in [5, 5.41) is 10.1. The van der Waals surface area contributed by atoms with Crippen LogP contribution in [0, 0.1) is 29.1 Å². The van der Waals surface area contributed by atoms with E-state index in [0.717, 1.165) is 0 Å². The number of nitrogens with zero attached hydrogens (tertiary/aromatic N) is 1. The molecule has 0 aliphatic heterocycles. The lowest BCUT2D eigenvalue weighted by molar-refractivity contribution is -0.146. The van der Waals surface area contributed by atoms with E-state index in [4.69, 9.17) is 28.5 Å². The molecule has 1 aliphatic carbocycles. The Labute approximate surface area is 111 Å². The van der Waals surface area contributed by atoms with Crippen LogP contribution in [0.5, 0.6) is 0 Å². The average Bonchev–Trinajstić information content (AvgIpc) is 2.33. The number of allylic oxidation sites excluding steroid dienone is 4. The second-order valence-corrected chi connectivity index (χ2v) is 4.75. The monoisotopic (exact) mass is 273 g/mol. The van der Waals surface area contributed by atoms with Crippen LogP contribution >= 0.6 is 23.2 Å². The van der Waals surface area contributed by atoms with Crippen molar-refractivity contribution in [3.05, 3.63) is 22.2 Å². The SMILES string of the molecule is COC(=O)C(C)[C@@H](C#N)C1C=C(Cl)C(Cl)=CC1. The molecule has 1 aliphatic rings. The van der Waals surface area contributed by atoms with E-state index in [9.17, 15) is 4.79 Å². The molecule has 0 spiro atoms. The van der Waals surface area contributed by atoms with E-state index < -0.39 is 11.8 Å². The number of halogens is 2. The van der Waals surface area contributed by atoms with Gasteiger partial charge in [0, 0.05) is 0 Å². The smallest absolute Gasteiger partial charge is 0.309 e. The number of nitriles is 1. The fraction of sp³-hybridized carbons (Fsp3) is 0.500. The number of carbonyl (C=O) groups excluding carboxylic acids is 1. The summed E-state index contributed by atoms with van der Waals surface area (Å²) >= 11 is 11.8. The third-order valence-electron chi connectivity index (χ3n) is 2.88. The minimum Gasteiger partial charge on any atom is -0.469 e. The van der Waals surface area contributed by atoms with Gasteiger partial charge >= 0.3 is 5.97 Å². The molecule has 0 N–H and O–H groups in total. The molecule has 0 radical (unpaired) electrons. The standard InChI is InChI=1S/C12H13Cl2NO2/c1-7(12(16)17-2)9(6-15)8-3-4-10(13)11(14)5-8/h4-5,7-9H,3H2,1-2H3/t7?,8?,9-/m1/s1. The molecule has 5 heteroatoms. The molecule has 0 amide bonds. The lowest BCUT2D eigenvalue weighted by atomic mass is 9.80. The predicted molar refractivity (Wildman–Crippen MR) is 66.3 cm³/mol. The van der Waals surface area contributed by atoms with E-state index in [-0.39, 0.29) is 11.9 Å². The zero-order chi connectivity index (χ0) is 13.0. The van der Waals surface area contributed by atoms with Gasteiger partial charge in [-0.25, -0.2) is 0 Å². The van der Waals surface area contributed by atoms with Gasteiger partial charge in [0.1, 0.15) is 0 Å². The van der Waals surface area contributed by atoms with Crippen molar-refractivity contribution in [1.29, 1.82) is 5.26 Å². The lowest BCUT2D eigenvalue weighted by Gasteiger charge is -2.24. The molecule has 0 saturated carbocycles. The van der Waals surface area contributed by atoms with Crippen LogP contribution in [-0.2, 0) is 9.53 Å². The van der Waals surface area contributed by atoms with Gasteiger partial charge in [0.15, 0.2) is 0 Å². The lowest BCUT2D eigenvalue weighted by Crippen LogP contribution is -2.27. The van der Waals surface area contributed by atoms with Crippen LogP contribution in [0.1, 0.15) is 13.3 Å². The average molecular weight is 274 g/mol. The van der Waals surface area contributed by atoms with Gasteiger partial charge in [-0.15, -0.1) is 0 Å². The first-order valence-corrected chi connectivity index (χ1v) is 5.97. The van der Waals surface area contributed by atoms with Crippen molar-refractivity contribution in [2.45, 2.75) is 13.3 Å². The van der Waals surface area contributed by atoms with E-state index in [1.165, 1.54) is 7.11 Å². The minimum atomic E-state index is -0.485. The highest BCUT2D eigenvalue weighted by Crippen LogP contribution is 2.34. The molecule has 0 fully saturated rings. The maximum Gasteiger partial charge on any atom is 0.309 e. The van der Waals surface area contributed by atoms with E-state index in [2.05, 4.69) is 10.8 Å². The van der Waals surface area contributed by atoms with Crippen molar-refractivity contribution >= 4 is 29.2 Å². The maximum absolute atomic E-state index is 11.4. The first kappa shape index (κ1) is 14.1. The largest absolute Gasteiger partial charge is 0.469 e. The van der Waals surface area contributed by atoms with E-state index in [1.54, 1.807) is 19.1 Å². The zero-order valence-corrected chi connectivity index (χ0v) is 11.1. The molecule has 0 aromatic heterocycles. The molecule has 1 rings (SSSR count). The van der Waals surface area contributed by atoms with Crippen molar-refractivity contribution in [1.82, 2.24) is 0 Å². The van der Waals surface area contributed by atoms with Crippen molar-refractivity contribution in [3.8, 4) is 6.07 Å². The number of hydrogen-bond donors (Lipinski definition) is 0. The Hall–Kier alpha value is -0.980. The van der Waals surface area contributed by atoms with Crippen molar-refractivity contribution in [2.75, 3.05) is 7.11 Å². The number of esters is 1. The fourth-order valence-corrected chi connectivity index (χ4v) is 2.22.